The van der Waals surface area contributed by atoms with Crippen molar-refractivity contribution in [3.63, 3.8) is 0 Å². The van der Waals surface area contributed by atoms with Gasteiger partial charge in [-0.05, 0) is 85.6 Å². The first kappa shape index (κ1) is 18.4. The van der Waals surface area contributed by atoms with Crippen molar-refractivity contribution in [3.05, 3.63) is 89.5 Å². The van der Waals surface area contributed by atoms with Crippen molar-refractivity contribution in [1.29, 1.82) is 0 Å². The third kappa shape index (κ3) is 5.28. The number of esters is 1. The Morgan fingerprint density at radius 3 is 2.37 bits per heavy atom. The van der Waals surface area contributed by atoms with Crippen molar-refractivity contribution in [2.24, 2.45) is 4.99 Å². The lowest BCUT2D eigenvalue weighted by Gasteiger charge is -2.05. The number of rotatable bonds is 6. The Balaban J connectivity index is 1.63. The van der Waals surface area contributed by atoms with Crippen LogP contribution in [0.25, 0.3) is 0 Å². The lowest BCUT2D eigenvalue weighted by Crippen LogP contribution is -2.08. The molecule has 3 aromatic carbocycles. The first-order chi connectivity index (χ1) is 13.1. The van der Waals surface area contributed by atoms with Crippen molar-refractivity contribution < 1.29 is 14.3 Å². The van der Waals surface area contributed by atoms with Gasteiger partial charge in [0.05, 0.1) is 17.9 Å². The second kappa shape index (κ2) is 8.81. The largest absolute Gasteiger partial charge is 0.494 e. The number of benzene rings is 3. The second-order valence-corrected chi connectivity index (χ2v) is 6.01. The van der Waals surface area contributed by atoms with Crippen LogP contribution in [0.3, 0.4) is 0 Å². The smallest absolute Gasteiger partial charge is 0.343 e. The van der Waals surface area contributed by atoms with Gasteiger partial charge in [-0.3, -0.25) is 4.99 Å². The monoisotopic (exact) mass is 359 g/mol. The summed E-state index contributed by atoms with van der Waals surface area (Å²) in [4.78, 5) is 16.7. The van der Waals surface area contributed by atoms with Gasteiger partial charge in [-0.25, -0.2) is 4.79 Å². The van der Waals surface area contributed by atoms with Crippen molar-refractivity contribution in [2.45, 2.75) is 13.8 Å². The van der Waals surface area contributed by atoms with Crippen LogP contribution in [0.1, 0.15) is 28.4 Å². The summed E-state index contributed by atoms with van der Waals surface area (Å²) in [6, 6.07) is 22.1. The standard InChI is InChI=1S/C23H21NO3/c1-3-26-21-13-7-18(8-14-21)16-24-20-11-9-19(10-12-20)23(25)27-22-6-4-5-17(2)15-22/h4-16H,3H2,1-2H3. The van der Waals surface area contributed by atoms with Crippen molar-refractivity contribution in [3.8, 4) is 11.5 Å². The molecule has 0 N–H and O–H groups in total. The van der Waals surface area contributed by atoms with Crippen LogP contribution < -0.4 is 9.47 Å². The van der Waals surface area contributed by atoms with E-state index in [1.807, 2.05) is 56.3 Å². The lowest BCUT2D eigenvalue weighted by atomic mass is 10.2. The maximum atomic E-state index is 12.2. The predicted octanol–water partition coefficient (Wildman–Crippen LogP) is 5.36. The number of carbonyl (C=O) groups is 1. The van der Waals surface area contributed by atoms with Crippen LogP contribution in [0.4, 0.5) is 5.69 Å². The van der Waals surface area contributed by atoms with E-state index in [1.54, 1.807) is 36.5 Å². The Kier molecular flexibility index (Phi) is 6.00. The SMILES string of the molecule is CCOc1ccc(C=Nc2ccc(C(=O)Oc3cccc(C)c3)cc2)cc1. The van der Waals surface area contributed by atoms with Crippen LogP contribution in [-0.4, -0.2) is 18.8 Å². The van der Waals surface area contributed by atoms with Gasteiger partial charge in [0.2, 0.25) is 0 Å². The molecule has 27 heavy (non-hydrogen) atoms. The summed E-state index contributed by atoms with van der Waals surface area (Å²) in [5, 5.41) is 0. The first-order valence-electron chi connectivity index (χ1n) is 8.80. The van der Waals surface area contributed by atoms with Gasteiger partial charge in [0, 0.05) is 6.21 Å². The third-order valence-electron chi connectivity index (χ3n) is 3.86. The molecule has 3 rings (SSSR count). The van der Waals surface area contributed by atoms with E-state index >= 15 is 0 Å². The van der Waals surface area contributed by atoms with E-state index in [0.717, 1.165) is 22.6 Å². The topological polar surface area (TPSA) is 47.9 Å². The van der Waals surface area contributed by atoms with Crippen molar-refractivity contribution in [2.75, 3.05) is 6.61 Å². The molecule has 0 bridgehead atoms. The number of carbonyl (C=O) groups excluding carboxylic acids is 1. The molecule has 0 aromatic heterocycles. The summed E-state index contributed by atoms with van der Waals surface area (Å²) < 4.78 is 10.8. The zero-order valence-electron chi connectivity index (χ0n) is 15.4. The molecular formula is C23H21NO3. The lowest BCUT2D eigenvalue weighted by molar-refractivity contribution is 0.0735. The minimum Gasteiger partial charge on any atom is -0.494 e. The van der Waals surface area contributed by atoms with Crippen LogP contribution in [0.5, 0.6) is 11.5 Å². The maximum Gasteiger partial charge on any atom is 0.343 e. The van der Waals surface area contributed by atoms with Gasteiger partial charge in [-0.1, -0.05) is 12.1 Å². The Morgan fingerprint density at radius 2 is 1.70 bits per heavy atom. The number of nitrogens with zero attached hydrogens (tertiary/aromatic N) is 1. The molecule has 0 spiro atoms. The summed E-state index contributed by atoms with van der Waals surface area (Å²) in [5.74, 6) is 0.992. The maximum absolute atomic E-state index is 12.2. The van der Waals surface area contributed by atoms with Crippen LogP contribution >= 0.6 is 0 Å². The fraction of sp³-hybridized carbons (Fsp3) is 0.130. The number of hydrogen-bond acceptors (Lipinski definition) is 4. The molecule has 136 valence electrons. The zero-order chi connectivity index (χ0) is 19.1. The Bertz CT molecular complexity index is 929. The third-order valence-corrected chi connectivity index (χ3v) is 3.86. The molecule has 0 fully saturated rings. The second-order valence-electron chi connectivity index (χ2n) is 6.01. The van der Waals surface area contributed by atoms with E-state index < -0.39 is 0 Å². The predicted molar refractivity (Wildman–Crippen MR) is 107 cm³/mol. The Morgan fingerprint density at radius 1 is 0.963 bits per heavy atom. The molecule has 0 amide bonds. The van der Waals surface area contributed by atoms with Gasteiger partial charge in [-0.2, -0.15) is 0 Å². The Labute approximate surface area is 159 Å². The summed E-state index contributed by atoms with van der Waals surface area (Å²) >= 11 is 0. The molecule has 0 heterocycles. The number of hydrogen-bond donors (Lipinski definition) is 0. The van der Waals surface area contributed by atoms with Gasteiger partial charge in [0.1, 0.15) is 11.5 Å². The van der Waals surface area contributed by atoms with Gasteiger partial charge in [-0.15, -0.1) is 0 Å². The van der Waals surface area contributed by atoms with Gasteiger partial charge >= 0.3 is 5.97 Å². The van der Waals surface area contributed by atoms with Crippen LogP contribution in [0.15, 0.2) is 77.8 Å². The summed E-state index contributed by atoms with van der Waals surface area (Å²) in [6.45, 7) is 4.55. The fourth-order valence-electron chi connectivity index (χ4n) is 2.49. The molecule has 0 aliphatic rings. The number of ether oxygens (including phenoxy) is 2. The van der Waals surface area contributed by atoms with Crippen LogP contribution in [-0.2, 0) is 0 Å². The molecule has 4 heteroatoms. The minimum atomic E-state index is -0.386. The quantitative estimate of drug-likeness (QED) is 0.338. The van der Waals surface area contributed by atoms with Crippen LogP contribution in [0.2, 0.25) is 0 Å². The van der Waals surface area contributed by atoms with Crippen molar-refractivity contribution >= 4 is 17.9 Å². The van der Waals surface area contributed by atoms with Crippen molar-refractivity contribution in [1.82, 2.24) is 0 Å². The van der Waals surface area contributed by atoms with Gasteiger partial charge < -0.3 is 9.47 Å². The average molecular weight is 359 g/mol. The average Bonchev–Trinajstić information content (AvgIpc) is 2.68. The van der Waals surface area contributed by atoms with E-state index in [-0.39, 0.29) is 5.97 Å². The number of aryl methyl sites for hydroxylation is 1. The van der Waals surface area contributed by atoms with Crippen LogP contribution in [0, 0.1) is 6.92 Å². The molecule has 0 unspecified atom stereocenters. The highest BCUT2D eigenvalue weighted by molar-refractivity contribution is 5.91. The number of aliphatic imine (C=N–C) groups is 1. The highest BCUT2D eigenvalue weighted by atomic mass is 16.5. The summed E-state index contributed by atoms with van der Waals surface area (Å²) in [7, 11) is 0. The Hall–Kier alpha value is -3.40. The molecule has 0 saturated heterocycles. The first-order valence-corrected chi connectivity index (χ1v) is 8.80. The summed E-state index contributed by atoms with van der Waals surface area (Å²) in [6.07, 6.45) is 1.77. The van der Waals surface area contributed by atoms with Gasteiger partial charge in [0.15, 0.2) is 0 Å². The zero-order valence-corrected chi connectivity index (χ0v) is 15.4. The van der Waals surface area contributed by atoms with Gasteiger partial charge in [0.25, 0.3) is 0 Å². The molecule has 0 saturated carbocycles. The van der Waals surface area contributed by atoms with E-state index in [2.05, 4.69) is 4.99 Å². The van der Waals surface area contributed by atoms with E-state index in [4.69, 9.17) is 9.47 Å². The van der Waals surface area contributed by atoms with E-state index in [9.17, 15) is 4.79 Å². The molecule has 3 aromatic rings. The molecular weight excluding hydrogens is 338 g/mol. The highest BCUT2D eigenvalue weighted by Gasteiger charge is 2.08. The normalized spacial score (nSPS) is 10.7. The highest BCUT2D eigenvalue weighted by Crippen LogP contribution is 2.18. The summed E-state index contributed by atoms with van der Waals surface area (Å²) in [5.41, 5.74) is 3.26. The molecule has 4 nitrogen and oxygen atoms in total. The van der Waals surface area contributed by atoms with E-state index in [1.165, 1.54) is 0 Å². The molecule has 0 aliphatic carbocycles. The molecule has 0 radical (unpaired) electrons. The molecule has 0 atom stereocenters. The molecule has 0 aliphatic heterocycles. The fourth-order valence-corrected chi connectivity index (χ4v) is 2.49. The van der Waals surface area contributed by atoms with E-state index in [0.29, 0.717) is 17.9 Å². The minimum absolute atomic E-state index is 0.386.